The maximum Gasteiger partial charge on any atom is 0.352 e. The minimum atomic E-state index is -0.841. The Morgan fingerprint density at radius 2 is 2.16 bits per heavy atom. The van der Waals surface area contributed by atoms with E-state index in [2.05, 4.69) is 18.4 Å². The number of aromatic nitrogens is 1. The molecule has 1 saturated heterocycles. The Balaban J connectivity index is 1.94. The highest BCUT2D eigenvalue weighted by atomic mass is 16.4. The highest BCUT2D eigenvalue weighted by molar-refractivity contribution is 5.85. The summed E-state index contributed by atoms with van der Waals surface area (Å²) in [6.45, 7) is 9.18. The third-order valence-corrected chi connectivity index (χ3v) is 3.90. The van der Waals surface area contributed by atoms with Gasteiger partial charge in [-0.15, -0.1) is 0 Å². The van der Waals surface area contributed by atoms with Crippen molar-refractivity contribution in [3.63, 3.8) is 0 Å². The molecule has 1 aliphatic heterocycles. The van der Waals surface area contributed by atoms with Gasteiger partial charge in [0.05, 0.1) is 0 Å². The molecule has 1 aliphatic rings. The average Bonchev–Trinajstić information content (AvgIpc) is 2.89. The quantitative estimate of drug-likeness (QED) is 0.830. The van der Waals surface area contributed by atoms with Crippen LogP contribution in [0.2, 0.25) is 0 Å². The number of nitrogens with zero attached hydrogens (tertiary/aromatic N) is 2. The molecule has 0 atom stereocenters. The van der Waals surface area contributed by atoms with Crippen LogP contribution in [0.15, 0.2) is 30.5 Å². The molecule has 0 aliphatic carbocycles. The van der Waals surface area contributed by atoms with Crippen LogP contribution in [0.4, 0.5) is 0 Å². The van der Waals surface area contributed by atoms with Crippen molar-refractivity contribution in [3.05, 3.63) is 36.2 Å². The monoisotopic (exact) mass is 262 g/mol. The predicted molar refractivity (Wildman–Crippen MR) is 75.5 cm³/mol. The molecule has 0 bridgehead atoms. The molecule has 19 heavy (non-hydrogen) atoms. The van der Waals surface area contributed by atoms with E-state index in [1.807, 2.05) is 16.8 Å². The maximum atomic E-state index is 11.1. The van der Waals surface area contributed by atoms with Gasteiger partial charge in [0.15, 0.2) is 0 Å². The van der Waals surface area contributed by atoms with E-state index in [0.29, 0.717) is 11.7 Å². The smallest absolute Gasteiger partial charge is 0.352 e. The van der Waals surface area contributed by atoms with Crippen molar-refractivity contribution in [2.45, 2.75) is 32.2 Å². The van der Waals surface area contributed by atoms with Crippen molar-refractivity contribution in [2.75, 3.05) is 19.6 Å². The fraction of sp³-hybridized carbons (Fsp3) is 0.533. The van der Waals surface area contributed by atoms with Crippen LogP contribution >= 0.6 is 0 Å². The number of carboxylic acid groups (broad SMARTS) is 1. The molecule has 0 unspecified atom stereocenters. The van der Waals surface area contributed by atoms with Crippen LogP contribution in [0.1, 0.15) is 42.7 Å². The largest absolute Gasteiger partial charge is 0.477 e. The lowest BCUT2D eigenvalue weighted by atomic mass is 10.0. The molecule has 2 rings (SSSR count). The van der Waals surface area contributed by atoms with Crippen LogP contribution in [-0.4, -0.2) is 40.2 Å². The molecule has 4 nitrogen and oxygen atoms in total. The molecule has 4 heteroatoms. The maximum absolute atomic E-state index is 11.1. The SMILES string of the molecule is C=C(CC)CN1CCC(n2cccc2C(=O)O)CC1. The molecule has 1 fully saturated rings. The van der Waals surface area contributed by atoms with Crippen molar-refractivity contribution < 1.29 is 9.90 Å². The molecule has 1 aromatic heterocycles. The molecule has 0 radical (unpaired) electrons. The van der Waals surface area contributed by atoms with Gasteiger partial charge in [0.1, 0.15) is 5.69 Å². The zero-order valence-corrected chi connectivity index (χ0v) is 11.5. The summed E-state index contributed by atoms with van der Waals surface area (Å²) in [7, 11) is 0. The molecule has 0 amide bonds. The Morgan fingerprint density at radius 3 is 2.74 bits per heavy atom. The van der Waals surface area contributed by atoms with Gasteiger partial charge in [0, 0.05) is 31.9 Å². The first kappa shape index (κ1) is 13.9. The molecule has 0 spiro atoms. The zero-order chi connectivity index (χ0) is 13.8. The van der Waals surface area contributed by atoms with Crippen molar-refractivity contribution in [2.24, 2.45) is 0 Å². The summed E-state index contributed by atoms with van der Waals surface area (Å²) in [5, 5.41) is 9.15. The van der Waals surface area contributed by atoms with E-state index in [-0.39, 0.29) is 0 Å². The van der Waals surface area contributed by atoms with E-state index in [4.69, 9.17) is 5.11 Å². The molecule has 104 valence electrons. The molecular formula is C15H22N2O2. The second-order valence-corrected chi connectivity index (χ2v) is 5.22. The van der Waals surface area contributed by atoms with Crippen LogP contribution in [0.25, 0.3) is 0 Å². The normalized spacial score (nSPS) is 17.5. The van der Waals surface area contributed by atoms with Crippen molar-refractivity contribution >= 4 is 5.97 Å². The van der Waals surface area contributed by atoms with E-state index in [0.717, 1.165) is 38.9 Å². The first-order valence-electron chi connectivity index (χ1n) is 6.91. The summed E-state index contributed by atoms with van der Waals surface area (Å²) < 4.78 is 1.91. The second kappa shape index (κ2) is 6.06. The van der Waals surface area contributed by atoms with E-state index in [1.54, 1.807) is 6.07 Å². The van der Waals surface area contributed by atoms with E-state index >= 15 is 0 Å². The molecule has 1 N–H and O–H groups in total. The molecule has 0 saturated carbocycles. The summed E-state index contributed by atoms with van der Waals surface area (Å²) in [6, 6.07) is 3.80. The predicted octanol–water partition coefficient (Wildman–Crippen LogP) is 2.79. The standard InChI is InChI=1S/C15H22N2O2/c1-3-12(2)11-16-9-6-13(7-10-16)17-8-4-5-14(17)15(18)19/h4-5,8,13H,2-3,6-7,9-11H2,1H3,(H,18,19). The van der Waals surface area contributed by atoms with Crippen molar-refractivity contribution in [1.29, 1.82) is 0 Å². The molecule has 1 aromatic rings. The number of carbonyl (C=O) groups is 1. The lowest BCUT2D eigenvalue weighted by Gasteiger charge is -2.33. The highest BCUT2D eigenvalue weighted by Gasteiger charge is 2.23. The van der Waals surface area contributed by atoms with Gasteiger partial charge in [-0.25, -0.2) is 4.79 Å². The Labute approximate surface area is 114 Å². The molecule has 0 aromatic carbocycles. The van der Waals surface area contributed by atoms with Crippen molar-refractivity contribution in [1.82, 2.24) is 9.47 Å². The third kappa shape index (κ3) is 3.26. The number of piperidine rings is 1. The first-order chi connectivity index (χ1) is 9.11. The Bertz CT molecular complexity index is 456. The van der Waals surface area contributed by atoms with Crippen molar-refractivity contribution in [3.8, 4) is 0 Å². The molecular weight excluding hydrogens is 240 g/mol. The van der Waals surface area contributed by atoms with Crippen LogP contribution < -0.4 is 0 Å². The lowest BCUT2D eigenvalue weighted by Crippen LogP contribution is -2.36. The minimum Gasteiger partial charge on any atom is -0.477 e. The Hall–Kier alpha value is -1.55. The fourth-order valence-corrected chi connectivity index (χ4v) is 2.68. The number of hydrogen-bond acceptors (Lipinski definition) is 2. The number of likely N-dealkylation sites (tertiary alicyclic amines) is 1. The van der Waals surface area contributed by atoms with Gasteiger partial charge in [-0.05, 0) is 31.4 Å². The summed E-state index contributed by atoms with van der Waals surface area (Å²) >= 11 is 0. The summed E-state index contributed by atoms with van der Waals surface area (Å²) in [5.41, 5.74) is 1.67. The first-order valence-corrected chi connectivity index (χ1v) is 6.91. The van der Waals surface area contributed by atoms with Crippen LogP contribution in [0.3, 0.4) is 0 Å². The number of rotatable bonds is 5. The average molecular weight is 262 g/mol. The summed E-state index contributed by atoms with van der Waals surface area (Å²) in [6.07, 6.45) is 4.92. The third-order valence-electron chi connectivity index (χ3n) is 3.90. The second-order valence-electron chi connectivity index (χ2n) is 5.22. The van der Waals surface area contributed by atoms with Crippen LogP contribution in [0, 0.1) is 0 Å². The Morgan fingerprint density at radius 1 is 1.47 bits per heavy atom. The number of hydrogen-bond donors (Lipinski definition) is 1. The summed E-state index contributed by atoms with van der Waals surface area (Å²) in [4.78, 5) is 13.5. The summed E-state index contributed by atoms with van der Waals surface area (Å²) in [5.74, 6) is -0.841. The lowest BCUT2D eigenvalue weighted by molar-refractivity contribution is 0.0678. The van der Waals surface area contributed by atoms with Gasteiger partial charge in [-0.2, -0.15) is 0 Å². The van der Waals surface area contributed by atoms with E-state index < -0.39 is 5.97 Å². The van der Waals surface area contributed by atoms with E-state index in [1.165, 1.54) is 5.57 Å². The molecule has 2 heterocycles. The van der Waals surface area contributed by atoms with Gasteiger partial charge in [-0.1, -0.05) is 19.1 Å². The Kier molecular flexibility index (Phi) is 4.43. The van der Waals surface area contributed by atoms with Gasteiger partial charge < -0.3 is 9.67 Å². The van der Waals surface area contributed by atoms with Gasteiger partial charge >= 0.3 is 5.97 Å². The van der Waals surface area contributed by atoms with Crippen LogP contribution in [-0.2, 0) is 0 Å². The van der Waals surface area contributed by atoms with Gasteiger partial charge in [-0.3, -0.25) is 4.90 Å². The minimum absolute atomic E-state index is 0.312. The fourth-order valence-electron chi connectivity index (χ4n) is 2.68. The van der Waals surface area contributed by atoms with Gasteiger partial charge in [0.2, 0.25) is 0 Å². The van der Waals surface area contributed by atoms with E-state index in [9.17, 15) is 4.79 Å². The number of aromatic carboxylic acids is 1. The zero-order valence-electron chi connectivity index (χ0n) is 11.5. The topological polar surface area (TPSA) is 45.5 Å². The van der Waals surface area contributed by atoms with Crippen LogP contribution in [0.5, 0.6) is 0 Å². The van der Waals surface area contributed by atoms with Gasteiger partial charge in [0.25, 0.3) is 0 Å². The number of carboxylic acids is 1. The highest BCUT2D eigenvalue weighted by Crippen LogP contribution is 2.25.